The van der Waals surface area contributed by atoms with E-state index in [2.05, 4.69) is 15.6 Å². The van der Waals surface area contributed by atoms with Gasteiger partial charge in [-0.25, -0.2) is 4.39 Å². The lowest BCUT2D eigenvalue weighted by atomic mass is 10.1. The van der Waals surface area contributed by atoms with Crippen LogP contribution in [0.15, 0.2) is 66.9 Å². The number of carbonyl (C=O) groups excluding carboxylic acids is 2. The van der Waals surface area contributed by atoms with Gasteiger partial charge in [-0.05, 0) is 42.5 Å². The number of hydrogen-bond donors (Lipinski definition) is 2. The van der Waals surface area contributed by atoms with Gasteiger partial charge in [0.05, 0.1) is 24.0 Å². The molecular formula is C20H16FN3O3. The number of para-hydroxylation sites is 1. The molecule has 7 heteroatoms. The van der Waals surface area contributed by atoms with E-state index in [1.807, 2.05) is 0 Å². The van der Waals surface area contributed by atoms with E-state index in [1.165, 1.54) is 25.4 Å². The minimum atomic E-state index is -0.554. The Hall–Kier alpha value is -3.74. The summed E-state index contributed by atoms with van der Waals surface area (Å²) in [5.74, 6) is -1.15. The van der Waals surface area contributed by atoms with Gasteiger partial charge in [0.15, 0.2) is 0 Å². The van der Waals surface area contributed by atoms with Crippen LogP contribution < -0.4 is 15.4 Å². The number of nitrogens with one attached hydrogen (secondary N) is 2. The van der Waals surface area contributed by atoms with Crippen LogP contribution in [0.25, 0.3) is 0 Å². The van der Waals surface area contributed by atoms with Gasteiger partial charge in [-0.1, -0.05) is 18.2 Å². The molecule has 1 aromatic heterocycles. The molecule has 0 aliphatic heterocycles. The average molecular weight is 365 g/mol. The van der Waals surface area contributed by atoms with E-state index in [0.29, 0.717) is 5.75 Å². The Morgan fingerprint density at radius 2 is 1.67 bits per heavy atom. The van der Waals surface area contributed by atoms with E-state index >= 15 is 0 Å². The van der Waals surface area contributed by atoms with Gasteiger partial charge >= 0.3 is 0 Å². The zero-order valence-corrected chi connectivity index (χ0v) is 14.4. The van der Waals surface area contributed by atoms with Crippen molar-refractivity contribution in [2.75, 3.05) is 17.7 Å². The molecule has 0 aliphatic carbocycles. The lowest BCUT2D eigenvalue weighted by Crippen LogP contribution is -2.18. The summed E-state index contributed by atoms with van der Waals surface area (Å²) in [6.07, 6.45) is 1.49. The molecule has 3 aromatic rings. The maximum Gasteiger partial charge on any atom is 0.274 e. The highest BCUT2D eigenvalue weighted by atomic mass is 19.1. The minimum Gasteiger partial charge on any atom is -0.496 e. The molecule has 0 fully saturated rings. The number of aromatic nitrogens is 1. The molecule has 2 aromatic carbocycles. The van der Waals surface area contributed by atoms with Gasteiger partial charge in [0, 0.05) is 6.20 Å². The SMILES string of the molecule is COc1ccccc1C(=O)Nc1cc(F)ccc1NC(=O)c1ccccn1. The number of amides is 2. The fourth-order valence-corrected chi connectivity index (χ4v) is 2.43. The predicted octanol–water partition coefficient (Wildman–Crippen LogP) is 3.73. The van der Waals surface area contributed by atoms with Crippen LogP contribution in [0.2, 0.25) is 0 Å². The molecule has 136 valence electrons. The standard InChI is InChI=1S/C20H16FN3O3/c1-27-18-8-3-2-6-14(18)19(25)24-17-12-13(21)9-10-15(17)23-20(26)16-7-4-5-11-22-16/h2-12H,1H3,(H,23,26)(H,24,25). The highest BCUT2D eigenvalue weighted by molar-refractivity contribution is 6.10. The smallest absolute Gasteiger partial charge is 0.274 e. The topological polar surface area (TPSA) is 80.3 Å². The first-order valence-corrected chi connectivity index (χ1v) is 8.05. The normalized spacial score (nSPS) is 10.1. The van der Waals surface area contributed by atoms with Gasteiger partial charge in [-0.2, -0.15) is 0 Å². The second-order valence-corrected chi connectivity index (χ2v) is 5.51. The van der Waals surface area contributed by atoms with E-state index in [4.69, 9.17) is 4.74 Å². The van der Waals surface area contributed by atoms with Crippen LogP contribution in [0.3, 0.4) is 0 Å². The van der Waals surface area contributed by atoms with Crippen molar-refractivity contribution in [2.45, 2.75) is 0 Å². The third kappa shape index (κ3) is 4.27. The van der Waals surface area contributed by atoms with Crippen LogP contribution in [0.4, 0.5) is 15.8 Å². The van der Waals surface area contributed by atoms with Crippen LogP contribution in [0.5, 0.6) is 5.75 Å². The first-order chi connectivity index (χ1) is 13.1. The number of halogens is 1. The summed E-state index contributed by atoms with van der Waals surface area (Å²) in [6, 6.07) is 15.2. The van der Waals surface area contributed by atoms with E-state index < -0.39 is 17.6 Å². The number of rotatable bonds is 5. The maximum atomic E-state index is 13.7. The number of ether oxygens (including phenoxy) is 1. The third-order valence-corrected chi connectivity index (χ3v) is 3.73. The van der Waals surface area contributed by atoms with Crippen molar-refractivity contribution in [3.05, 3.63) is 83.9 Å². The molecule has 0 spiro atoms. The number of hydrogen-bond acceptors (Lipinski definition) is 4. The van der Waals surface area contributed by atoms with Crippen LogP contribution in [0, 0.1) is 5.82 Å². The first-order valence-electron chi connectivity index (χ1n) is 8.05. The molecule has 0 unspecified atom stereocenters. The number of nitrogens with zero attached hydrogens (tertiary/aromatic N) is 1. The van der Waals surface area contributed by atoms with Crippen molar-refractivity contribution in [1.82, 2.24) is 4.98 Å². The summed E-state index contributed by atoms with van der Waals surface area (Å²) in [4.78, 5) is 28.8. The molecule has 1 heterocycles. The van der Waals surface area contributed by atoms with Crippen molar-refractivity contribution < 1.29 is 18.7 Å². The quantitative estimate of drug-likeness (QED) is 0.722. The summed E-state index contributed by atoms with van der Waals surface area (Å²) >= 11 is 0. The molecule has 2 N–H and O–H groups in total. The van der Waals surface area contributed by atoms with E-state index in [1.54, 1.807) is 42.5 Å². The number of anilines is 2. The van der Waals surface area contributed by atoms with Crippen LogP contribution in [0.1, 0.15) is 20.8 Å². The number of pyridine rings is 1. The Morgan fingerprint density at radius 1 is 0.926 bits per heavy atom. The average Bonchev–Trinajstić information content (AvgIpc) is 2.70. The van der Waals surface area contributed by atoms with E-state index in [-0.39, 0.29) is 22.6 Å². The monoisotopic (exact) mass is 365 g/mol. The molecule has 2 amide bonds. The minimum absolute atomic E-state index is 0.121. The largest absolute Gasteiger partial charge is 0.496 e. The summed E-state index contributed by atoms with van der Waals surface area (Å²) in [5.41, 5.74) is 0.848. The molecule has 3 rings (SSSR count). The lowest BCUT2D eigenvalue weighted by molar-refractivity contribution is 0.101. The molecule has 0 radical (unpaired) electrons. The Kier molecular flexibility index (Phi) is 5.41. The molecule has 0 saturated heterocycles. The summed E-state index contributed by atoms with van der Waals surface area (Å²) in [5, 5.41) is 5.23. The molecular weight excluding hydrogens is 349 g/mol. The predicted molar refractivity (Wildman–Crippen MR) is 99.5 cm³/mol. The van der Waals surface area contributed by atoms with Gasteiger partial charge < -0.3 is 15.4 Å². The molecule has 6 nitrogen and oxygen atoms in total. The molecule has 0 aliphatic rings. The summed E-state index contributed by atoms with van der Waals surface area (Å²) < 4.78 is 18.9. The number of benzene rings is 2. The highest BCUT2D eigenvalue weighted by Crippen LogP contribution is 2.26. The van der Waals surface area contributed by atoms with Crippen LogP contribution in [-0.2, 0) is 0 Å². The highest BCUT2D eigenvalue weighted by Gasteiger charge is 2.16. The zero-order valence-electron chi connectivity index (χ0n) is 14.4. The fraction of sp³-hybridized carbons (Fsp3) is 0.0500. The maximum absolute atomic E-state index is 13.7. The fourth-order valence-electron chi connectivity index (χ4n) is 2.43. The van der Waals surface area contributed by atoms with Crippen molar-refractivity contribution >= 4 is 23.2 Å². The number of carbonyl (C=O) groups is 2. The lowest BCUT2D eigenvalue weighted by Gasteiger charge is -2.13. The van der Waals surface area contributed by atoms with Gasteiger partial charge in [0.25, 0.3) is 11.8 Å². The van der Waals surface area contributed by atoms with Gasteiger partial charge in [-0.3, -0.25) is 14.6 Å². The molecule has 0 bridgehead atoms. The second-order valence-electron chi connectivity index (χ2n) is 5.51. The Morgan fingerprint density at radius 3 is 2.41 bits per heavy atom. The van der Waals surface area contributed by atoms with Crippen molar-refractivity contribution in [3.8, 4) is 5.75 Å². The summed E-state index contributed by atoms with van der Waals surface area (Å²) in [6.45, 7) is 0. The van der Waals surface area contributed by atoms with E-state index in [0.717, 1.165) is 6.07 Å². The Labute approximate surface area is 155 Å². The Balaban J connectivity index is 1.86. The second kappa shape index (κ2) is 8.09. The van der Waals surface area contributed by atoms with Crippen molar-refractivity contribution in [1.29, 1.82) is 0 Å². The molecule has 0 atom stereocenters. The van der Waals surface area contributed by atoms with Crippen LogP contribution >= 0.6 is 0 Å². The van der Waals surface area contributed by atoms with Crippen LogP contribution in [-0.4, -0.2) is 23.9 Å². The first kappa shape index (κ1) is 18.1. The van der Waals surface area contributed by atoms with Crippen molar-refractivity contribution in [3.63, 3.8) is 0 Å². The third-order valence-electron chi connectivity index (χ3n) is 3.73. The van der Waals surface area contributed by atoms with Gasteiger partial charge in [-0.15, -0.1) is 0 Å². The van der Waals surface area contributed by atoms with Gasteiger partial charge in [0.2, 0.25) is 0 Å². The Bertz CT molecular complexity index is 977. The zero-order chi connectivity index (χ0) is 19.2. The number of methoxy groups -OCH3 is 1. The van der Waals surface area contributed by atoms with Crippen molar-refractivity contribution in [2.24, 2.45) is 0 Å². The van der Waals surface area contributed by atoms with E-state index in [9.17, 15) is 14.0 Å². The molecule has 0 saturated carbocycles. The molecule has 27 heavy (non-hydrogen) atoms. The summed E-state index contributed by atoms with van der Waals surface area (Å²) in [7, 11) is 1.45. The van der Waals surface area contributed by atoms with Gasteiger partial charge in [0.1, 0.15) is 17.3 Å².